The van der Waals surface area contributed by atoms with Crippen LogP contribution in [0, 0.1) is 0 Å². The SMILES string of the molecule is C[C@H](N)COc1ccc2ncc(-c3cc4c(N5CCNCC5)nccc4o3)n2n1. The molecule has 0 unspecified atom stereocenters. The van der Waals surface area contributed by atoms with Crippen LogP contribution >= 0.6 is 0 Å². The van der Waals surface area contributed by atoms with Crippen molar-refractivity contribution in [3.63, 3.8) is 0 Å². The van der Waals surface area contributed by atoms with Gasteiger partial charge in [-0.25, -0.2) is 14.5 Å². The van der Waals surface area contributed by atoms with E-state index in [4.69, 9.17) is 14.9 Å². The summed E-state index contributed by atoms with van der Waals surface area (Å²) in [7, 11) is 0. The second kappa shape index (κ2) is 7.34. The molecule has 3 N–H and O–H groups in total. The monoisotopic (exact) mass is 393 g/mol. The molecule has 9 heteroatoms. The highest BCUT2D eigenvalue weighted by molar-refractivity contribution is 5.92. The van der Waals surface area contributed by atoms with Gasteiger partial charge in [-0.3, -0.25) is 0 Å². The van der Waals surface area contributed by atoms with E-state index < -0.39 is 0 Å². The van der Waals surface area contributed by atoms with Gasteiger partial charge in [0.05, 0.1) is 11.6 Å². The van der Waals surface area contributed by atoms with Gasteiger partial charge in [-0.1, -0.05) is 0 Å². The minimum Gasteiger partial charge on any atom is -0.475 e. The smallest absolute Gasteiger partial charge is 0.231 e. The van der Waals surface area contributed by atoms with Crippen molar-refractivity contribution in [3.8, 4) is 17.3 Å². The van der Waals surface area contributed by atoms with Crippen LogP contribution < -0.4 is 20.7 Å². The Balaban J connectivity index is 1.55. The molecular weight excluding hydrogens is 370 g/mol. The number of rotatable bonds is 5. The number of hydrogen-bond donors (Lipinski definition) is 2. The van der Waals surface area contributed by atoms with Crippen LogP contribution in [-0.4, -0.2) is 58.4 Å². The van der Waals surface area contributed by atoms with Gasteiger partial charge in [0, 0.05) is 44.5 Å². The highest BCUT2D eigenvalue weighted by Crippen LogP contribution is 2.33. The molecule has 29 heavy (non-hydrogen) atoms. The second-order valence-corrected chi connectivity index (χ2v) is 7.27. The average molecular weight is 393 g/mol. The lowest BCUT2D eigenvalue weighted by molar-refractivity contribution is 0.281. The first-order valence-electron chi connectivity index (χ1n) is 9.77. The standard InChI is InChI=1S/C20H23N7O2/c1-13(21)12-28-19-3-2-18-24-11-15(27(18)25-19)17-10-14-16(29-17)4-5-23-20(14)26-8-6-22-7-9-26/h2-5,10-11,13,22H,6-9,12,21H2,1H3/t13-/m0/s1. The van der Waals surface area contributed by atoms with Gasteiger partial charge in [-0.15, -0.1) is 5.10 Å². The van der Waals surface area contributed by atoms with Crippen molar-refractivity contribution in [2.24, 2.45) is 5.73 Å². The Morgan fingerprint density at radius 1 is 1.24 bits per heavy atom. The van der Waals surface area contributed by atoms with Gasteiger partial charge in [0.25, 0.3) is 0 Å². The van der Waals surface area contributed by atoms with E-state index in [9.17, 15) is 0 Å². The third-order valence-corrected chi connectivity index (χ3v) is 4.93. The Morgan fingerprint density at radius 2 is 2.10 bits per heavy atom. The molecule has 0 saturated carbocycles. The summed E-state index contributed by atoms with van der Waals surface area (Å²) in [4.78, 5) is 11.3. The van der Waals surface area contributed by atoms with Crippen LogP contribution in [0.5, 0.6) is 5.88 Å². The molecule has 0 bridgehead atoms. The van der Waals surface area contributed by atoms with Crippen LogP contribution in [0.15, 0.2) is 41.1 Å². The highest BCUT2D eigenvalue weighted by atomic mass is 16.5. The molecule has 0 aliphatic carbocycles. The summed E-state index contributed by atoms with van der Waals surface area (Å²) in [6, 6.07) is 7.49. The van der Waals surface area contributed by atoms with Crippen molar-refractivity contribution in [2.75, 3.05) is 37.7 Å². The lowest BCUT2D eigenvalue weighted by Crippen LogP contribution is -2.43. The Kier molecular flexibility index (Phi) is 4.53. The molecule has 4 aromatic rings. The number of ether oxygens (including phenoxy) is 1. The van der Waals surface area contributed by atoms with Gasteiger partial charge in [-0.05, 0) is 25.1 Å². The normalized spacial score (nSPS) is 15.9. The summed E-state index contributed by atoms with van der Waals surface area (Å²) in [5, 5.41) is 8.91. The molecule has 0 amide bonds. The molecule has 5 rings (SSSR count). The van der Waals surface area contributed by atoms with Crippen molar-refractivity contribution < 1.29 is 9.15 Å². The van der Waals surface area contributed by atoms with E-state index in [1.165, 1.54) is 0 Å². The highest BCUT2D eigenvalue weighted by Gasteiger charge is 2.19. The van der Waals surface area contributed by atoms with E-state index in [0.29, 0.717) is 23.9 Å². The van der Waals surface area contributed by atoms with Gasteiger partial charge in [0.1, 0.15) is 23.7 Å². The van der Waals surface area contributed by atoms with E-state index in [2.05, 4.69) is 25.3 Å². The summed E-state index contributed by atoms with van der Waals surface area (Å²) in [6.45, 7) is 6.02. The molecular formula is C20H23N7O2. The van der Waals surface area contributed by atoms with Crippen LogP contribution in [0.2, 0.25) is 0 Å². The van der Waals surface area contributed by atoms with Crippen molar-refractivity contribution in [3.05, 3.63) is 36.7 Å². The molecule has 0 radical (unpaired) electrons. The maximum atomic E-state index is 6.15. The van der Waals surface area contributed by atoms with Crippen molar-refractivity contribution in [1.29, 1.82) is 0 Å². The minimum atomic E-state index is -0.0685. The first-order valence-corrected chi connectivity index (χ1v) is 9.77. The van der Waals surface area contributed by atoms with Crippen LogP contribution in [0.4, 0.5) is 5.82 Å². The molecule has 1 atom stereocenters. The summed E-state index contributed by atoms with van der Waals surface area (Å²) < 4.78 is 13.5. The Hall–Kier alpha value is -3.17. The zero-order chi connectivity index (χ0) is 19.8. The van der Waals surface area contributed by atoms with Crippen LogP contribution in [0.3, 0.4) is 0 Å². The summed E-state index contributed by atoms with van der Waals surface area (Å²) in [5.74, 6) is 2.13. The third kappa shape index (κ3) is 3.39. The van der Waals surface area contributed by atoms with E-state index >= 15 is 0 Å². The molecule has 4 aromatic heterocycles. The Labute approximate surface area is 167 Å². The Morgan fingerprint density at radius 3 is 2.93 bits per heavy atom. The number of anilines is 1. The molecule has 0 spiro atoms. The first-order chi connectivity index (χ1) is 14.2. The number of piperazine rings is 1. The summed E-state index contributed by atoms with van der Waals surface area (Å²) in [6.07, 6.45) is 3.55. The van der Waals surface area contributed by atoms with Gasteiger partial charge >= 0.3 is 0 Å². The summed E-state index contributed by atoms with van der Waals surface area (Å²) >= 11 is 0. The number of hydrogen-bond acceptors (Lipinski definition) is 8. The van der Waals surface area contributed by atoms with Crippen LogP contribution in [0.1, 0.15) is 6.92 Å². The predicted molar refractivity (Wildman–Crippen MR) is 110 cm³/mol. The minimum absolute atomic E-state index is 0.0685. The second-order valence-electron chi connectivity index (χ2n) is 7.27. The number of nitrogens with one attached hydrogen (secondary N) is 1. The topological polar surface area (TPSA) is 107 Å². The quantitative estimate of drug-likeness (QED) is 0.527. The van der Waals surface area contributed by atoms with Crippen molar-refractivity contribution in [1.82, 2.24) is 24.9 Å². The van der Waals surface area contributed by atoms with Gasteiger partial charge in [0.2, 0.25) is 5.88 Å². The largest absolute Gasteiger partial charge is 0.475 e. The van der Waals surface area contributed by atoms with E-state index in [0.717, 1.165) is 48.7 Å². The molecule has 5 heterocycles. The van der Waals surface area contributed by atoms with Gasteiger partial charge < -0.3 is 25.1 Å². The number of imidazole rings is 1. The lowest BCUT2D eigenvalue weighted by atomic mass is 10.2. The van der Waals surface area contributed by atoms with E-state index in [1.807, 2.05) is 25.1 Å². The molecule has 150 valence electrons. The zero-order valence-corrected chi connectivity index (χ0v) is 16.2. The number of nitrogens with two attached hydrogens (primary N) is 1. The van der Waals surface area contributed by atoms with Crippen molar-refractivity contribution in [2.45, 2.75) is 13.0 Å². The molecule has 1 aliphatic heterocycles. The maximum absolute atomic E-state index is 6.15. The van der Waals surface area contributed by atoms with E-state index in [-0.39, 0.29) is 6.04 Å². The summed E-state index contributed by atoms with van der Waals surface area (Å²) in [5.41, 5.74) is 8.04. The fourth-order valence-corrected chi connectivity index (χ4v) is 3.52. The first kappa shape index (κ1) is 17.9. The molecule has 1 fully saturated rings. The lowest BCUT2D eigenvalue weighted by Gasteiger charge is -2.28. The van der Waals surface area contributed by atoms with Crippen LogP contribution in [-0.2, 0) is 0 Å². The van der Waals surface area contributed by atoms with Crippen LogP contribution in [0.25, 0.3) is 28.1 Å². The molecule has 1 saturated heterocycles. The fourth-order valence-electron chi connectivity index (χ4n) is 3.52. The zero-order valence-electron chi connectivity index (χ0n) is 16.2. The van der Waals surface area contributed by atoms with E-state index in [1.54, 1.807) is 23.0 Å². The average Bonchev–Trinajstić information content (AvgIpc) is 3.36. The molecule has 9 nitrogen and oxygen atoms in total. The fraction of sp³-hybridized carbons (Fsp3) is 0.350. The maximum Gasteiger partial charge on any atom is 0.231 e. The van der Waals surface area contributed by atoms with Gasteiger partial charge in [-0.2, -0.15) is 0 Å². The molecule has 1 aliphatic rings. The number of nitrogens with zero attached hydrogens (tertiary/aromatic N) is 5. The Bertz CT molecular complexity index is 1140. The predicted octanol–water partition coefficient (Wildman–Crippen LogP) is 1.67. The number of fused-ring (bicyclic) bond motifs is 2. The molecule has 0 aromatic carbocycles. The third-order valence-electron chi connectivity index (χ3n) is 4.93. The number of aromatic nitrogens is 4. The number of pyridine rings is 1. The van der Waals surface area contributed by atoms with Gasteiger partial charge in [0.15, 0.2) is 11.4 Å². The number of furan rings is 1. The van der Waals surface area contributed by atoms with Crippen molar-refractivity contribution >= 4 is 22.4 Å².